The number of aromatic amines is 1. The zero-order valence-electron chi connectivity index (χ0n) is 18.1. The van der Waals surface area contributed by atoms with E-state index in [4.69, 9.17) is 14.2 Å². The standard InChI is InChI=1S/C24H27N3O4/c1-4-30-18-12-11-17(15-19(18)31-5-2)23-20-21(16-9-7-6-8-10-16)25-26-22(20)24(28)27(23)13-14-29-3/h6-12,15,23H,4-5,13-14H2,1-3H3,(H,25,26). The van der Waals surface area contributed by atoms with Gasteiger partial charge in [-0.2, -0.15) is 5.10 Å². The number of amides is 1. The van der Waals surface area contributed by atoms with Crippen LogP contribution in [0.25, 0.3) is 11.3 Å². The summed E-state index contributed by atoms with van der Waals surface area (Å²) in [6.45, 7) is 5.85. The van der Waals surface area contributed by atoms with Gasteiger partial charge in [-0.3, -0.25) is 9.89 Å². The molecule has 1 unspecified atom stereocenters. The number of aromatic nitrogens is 2. The van der Waals surface area contributed by atoms with E-state index < -0.39 is 0 Å². The number of carbonyl (C=O) groups excluding carboxylic acids is 1. The predicted octanol–water partition coefficient (Wildman–Crippen LogP) is 4.07. The molecule has 0 aliphatic carbocycles. The maximum Gasteiger partial charge on any atom is 0.273 e. The number of hydrogen-bond donors (Lipinski definition) is 1. The van der Waals surface area contributed by atoms with Crippen molar-refractivity contribution in [3.8, 4) is 22.8 Å². The highest BCUT2D eigenvalue weighted by Gasteiger charge is 2.42. The van der Waals surface area contributed by atoms with E-state index in [1.807, 2.05) is 67.3 Å². The molecule has 7 nitrogen and oxygen atoms in total. The summed E-state index contributed by atoms with van der Waals surface area (Å²) in [6.07, 6.45) is 0. The Morgan fingerprint density at radius 3 is 2.48 bits per heavy atom. The Hall–Kier alpha value is -3.32. The molecule has 1 aromatic heterocycles. The minimum absolute atomic E-state index is 0.0847. The van der Waals surface area contributed by atoms with Crippen molar-refractivity contribution >= 4 is 5.91 Å². The topological polar surface area (TPSA) is 76.7 Å². The summed E-state index contributed by atoms with van der Waals surface area (Å²) in [4.78, 5) is 15.1. The van der Waals surface area contributed by atoms with Crippen LogP contribution in [0.1, 0.15) is 41.5 Å². The molecule has 1 N–H and O–H groups in total. The number of benzene rings is 2. The highest BCUT2D eigenvalue weighted by Crippen LogP contribution is 2.44. The molecule has 0 saturated carbocycles. The van der Waals surface area contributed by atoms with Gasteiger partial charge in [0.2, 0.25) is 0 Å². The second kappa shape index (κ2) is 9.22. The van der Waals surface area contributed by atoms with Crippen LogP contribution in [0.15, 0.2) is 48.5 Å². The van der Waals surface area contributed by atoms with Crippen molar-refractivity contribution in [1.82, 2.24) is 15.1 Å². The highest BCUT2D eigenvalue weighted by molar-refractivity contribution is 6.00. The van der Waals surface area contributed by atoms with Crippen molar-refractivity contribution in [1.29, 1.82) is 0 Å². The third kappa shape index (κ3) is 3.88. The lowest BCUT2D eigenvalue weighted by atomic mass is 9.95. The van der Waals surface area contributed by atoms with Crippen LogP contribution in [0.5, 0.6) is 11.5 Å². The van der Waals surface area contributed by atoms with Gasteiger partial charge < -0.3 is 19.1 Å². The molecule has 0 saturated heterocycles. The minimum Gasteiger partial charge on any atom is -0.490 e. The summed E-state index contributed by atoms with van der Waals surface area (Å²) in [5.74, 6) is 1.27. The SMILES string of the molecule is CCOc1ccc(C2c3c(-c4ccccc4)n[nH]c3C(=O)N2CCOC)cc1OCC. The molecule has 2 aromatic carbocycles. The van der Waals surface area contributed by atoms with Crippen molar-refractivity contribution < 1.29 is 19.0 Å². The molecule has 0 fully saturated rings. The first kappa shape index (κ1) is 20.9. The van der Waals surface area contributed by atoms with Crippen molar-refractivity contribution in [3.05, 3.63) is 65.4 Å². The average Bonchev–Trinajstić information content (AvgIpc) is 3.33. The normalized spacial score (nSPS) is 15.3. The van der Waals surface area contributed by atoms with Gasteiger partial charge in [0.05, 0.1) is 31.6 Å². The molecule has 1 aliphatic rings. The first-order chi connectivity index (χ1) is 15.2. The Labute approximate surface area is 181 Å². The minimum atomic E-state index is -0.304. The molecule has 3 aromatic rings. The third-order valence-electron chi connectivity index (χ3n) is 5.33. The van der Waals surface area contributed by atoms with Crippen LogP contribution in [0.4, 0.5) is 0 Å². The number of H-pyrrole nitrogens is 1. The molecule has 7 heteroatoms. The lowest BCUT2D eigenvalue weighted by Gasteiger charge is -2.26. The van der Waals surface area contributed by atoms with Crippen LogP contribution in [0.3, 0.4) is 0 Å². The average molecular weight is 421 g/mol. The molecule has 31 heavy (non-hydrogen) atoms. The number of rotatable bonds is 9. The van der Waals surface area contributed by atoms with Gasteiger partial charge in [-0.05, 0) is 31.5 Å². The van der Waals surface area contributed by atoms with Crippen molar-refractivity contribution in [2.75, 3.05) is 33.5 Å². The van der Waals surface area contributed by atoms with E-state index in [1.54, 1.807) is 7.11 Å². The van der Waals surface area contributed by atoms with Crippen LogP contribution in [-0.2, 0) is 4.74 Å². The fourth-order valence-electron chi connectivity index (χ4n) is 4.02. The van der Waals surface area contributed by atoms with E-state index in [9.17, 15) is 4.79 Å². The molecule has 2 heterocycles. The maximum absolute atomic E-state index is 13.3. The summed E-state index contributed by atoms with van der Waals surface area (Å²) >= 11 is 0. The lowest BCUT2D eigenvalue weighted by Crippen LogP contribution is -2.32. The number of nitrogens with one attached hydrogen (secondary N) is 1. The highest BCUT2D eigenvalue weighted by atomic mass is 16.5. The van der Waals surface area contributed by atoms with Crippen LogP contribution in [-0.4, -0.2) is 54.5 Å². The zero-order valence-corrected chi connectivity index (χ0v) is 18.1. The van der Waals surface area contributed by atoms with E-state index >= 15 is 0 Å². The molecular weight excluding hydrogens is 394 g/mol. The van der Waals surface area contributed by atoms with E-state index in [-0.39, 0.29) is 11.9 Å². The Kier molecular flexibility index (Phi) is 6.23. The van der Waals surface area contributed by atoms with Gasteiger partial charge in [0, 0.05) is 24.8 Å². The molecule has 4 rings (SSSR count). The molecule has 1 amide bonds. The van der Waals surface area contributed by atoms with Crippen LogP contribution in [0.2, 0.25) is 0 Å². The third-order valence-corrected chi connectivity index (χ3v) is 5.33. The number of methoxy groups -OCH3 is 1. The Morgan fingerprint density at radius 1 is 1.03 bits per heavy atom. The lowest BCUT2D eigenvalue weighted by molar-refractivity contribution is 0.0677. The van der Waals surface area contributed by atoms with Gasteiger partial charge in [0.1, 0.15) is 5.69 Å². The van der Waals surface area contributed by atoms with E-state index in [1.165, 1.54) is 0 Å². The fraction of sp³-hybridized carbons (Fsp3) is 0.333. The number of hydrogen-bond acceptors (Lipinski definition) is 5. The number of ether oxygens (including phenoxy) is 3. The largest absolute Gasteiger partial charge is 0.490 e. The van der Waals surface area contributed by atoms with E-state index in [0.29, 0.717) is 43.6 Å². The molecule has 0 spiro atoms. The molecule has 1 aliphatic heterocycles. The van der Waals surface area contributed by atoms with Crippen molar-refractivity contribution in [2.45, 2.75) is 19.9 Å². The fourth-order valence-corrected chi connectivity index (χ4v) is 4.02. The second-order valence-corrected chi connectivity index (χ2v) is 7.19. The Balaban J connectivity index is 1.84. The molecule has 0 radical (unpaired) electrons. The van der Waals surface area contributed by atoms with E-state index in [0.717, 1.165) is 22.4 Å². The number of carbonyl (C=O) groups is 1. The summed E-state index contributed by atoms with van der Waals surface area (Å²) in [5, 5.41) is 7.47. The summed E-state index contributed by atoms with van der Waals surface area (Å²) in [5.41, 5.74) is 4.07. The molecule has 1 atom stereocenters. The molecule has 0 bridgehead atoms. The first-order valence-electron chi connectivity index (χ1n) is 10.5. The second-order valence-electron chi connectivity index (χ2n) is 7.19. The molecule has 162 valence electrons. The smallest absolute Gasteiger partial charge is 0.273 e. The number of fused-ring (bicyclic) bond motifs is 1. The Bertz CT molecular complexity index is 1050. The van der Waals surface area contributed by atoms with Gasteiger partial charge in [0.15, 0.2) is 11.5 Å². The van der Waals surface area contributed by atoms with Crippen LogP contribution < -0.4 is 9.47 Å². The quantitative estimate of drug-likeness (QED) is 0.564. The predicted molar refractivity (Wildman–Crippen MR) is 118 cm³/mol. The zero-order chi connectivity index (χ0) is 21.8. The van der Waals surface area contributed by atoms with Crippen LogP contribution in [0, 0.1) is 0 Å². The first-order valence-corrected chi connectivity index (χ1v) is 10.5. The maximum atomic E-state index is 13.3. The number of nitrogens with zero attached hydrogens (tertiary/aromatic N) is 2. The Morgan fingerprint density at radius 2 is 1.77 bits per heavy atom. The van der Waals surface area contributed by atoms with Gasteiger partial charge in [-0.15, -0.1) is 0 Å². The summed E-state index contributed by atoms with van der Waals surface area (Å²) in [7, 11) is 1.63. The van der Waals surface area contributed by atoms with E-state index in [2.05, 4.69) is 10.2 Å². The van der Waals surface area contributed by atoms with Crippen molar-refractivity contribution in [2.24, 2.45) is 0 Å². The molecular formula is C24H27N3O4. The van der Waals surface area contributed by atoms with Gasteiger partial charge >= 0.3 is 0 Å². The summed E-state index contributed by atoms with van der Waals surface area (Å²) in [6, 6.07) is 15.4. The van der Waals surface area contributed by atoms with Gasteiger partial charge in [-0.1, -0.05) is 36.4 Å². The van der Waals surface area contributed by atoms with Crippen molar-refractivity contribution in [3.63, 3.8) is 0 Å². The van der Waals surface area contributed by atoms with Gasteiger partial charge in [0.25, 0.3) is 5.91 Å². The van der Waals surface area contributed by atoms with Gasteiger partial charge in [-0.25, -0.2) is 0 Å². The monoisotopic (exact) mass is 421 g/mol. The summed E-state index contributed by atoms with van der Waals surface area (Å²) < 4.78 is 16.8. The van der Waals surface area contributed by atoms with Crippen LogP contribution >= 0.6 is 0 Å².